The molecule has 1 saturated heterocycles. The predicted molar refractivity (Wildman–Crippen MR) is 133 cm³/mol. The number of nitrogens with one attached hydrogen (secondary N) is 1. The summed E-state index contributed by atoms with van der Waals surface area (Å²) in [7, 11) is 0. The van der Waals surface area contributed by atoms with Gasteiger partial charge in [-0.15, -0.1) is 0 Å². The highest BCUT2D eigenvalue weighted by Gasteiger charge is 2.24. The highest BCUT2D eigenvalue weighted by Crippen LogP contribution is 2.34. The van der Waals surface area contributed by atoms with Crippen LogP contribution >= 0.6 is 0 Å². The number of likely N-dealkylation sites (tertiary alicyclic amines) is 1. The van der Waals surface area contributed by atoms with Crippen molar-refractivity contribution in [3.05, 3.63) is 65.3 Å². The van der Waals surface area contributed by atoms with Gasteiger partial charge in [0.1, 0.15) is 0 Å². The number of piperidine rings is 1. The van der Waals surface area contributed by atoms with Crippen LogP contribution in [0, 0.1) is 5.92 Å². The monoisotopic (exact) mass is 444 g/mol. The topological polar surface area (TPSA) is 53.4 Å². The third-order valence-corrected chi connectivity index (χ3v) is 7.64. The fourth-order valence-corrected chi connectivity index (χ4v) is 5.66. The van der Waals surface area contributed by atoms with Crippen LogP contribution in [-0.4, -0.2) is 33.4 Å². The lowest BCUT2D eigenvalue weighted by atomic mass is 9.84. The normalized spacial score (nSPS) is 22.6. The number of imidazole rings is 1. The Morgan fingerprint density at radius 2 is 1.76 bits per heavy atom. The first-order chi connectivity index (χ1) is 16.2. The molecule has 0 spiro atoms. The Kier molecular flexibility index (Phi) is 6.77. The van der Waals surface area contributed by atoms with E-state index in [9.17, 15) is 4.79 Å². The van der Waals surface area contributed by atoms with Gasteiger partial charge in [-0.05, 0) is 87.4 Å². The summed E-state index contributed by atoms with van der Waals surface area (Å²) in [6, 6.07) is 16.5. The van der Waals surface area contributed by atoms with E-state index in [2.05, 4.69) is 44.6 Å². The second kappa shape index (κ2) is 10.1. The Balaban J connectivity index is 1.53. The van der Waals surface area contributed by atoms with Crippen molar-refractivity contribution in [2.24, 2.45) is 10.9 Å². The molecule has 2 aromatic carbocycles. The summed E-state index contributed by atoms with van der Waals surface area (Å²) in [4.78, 5) is 23.6. The van der Waals surface area contributed by atoms with Gasteiger partial charge >= 0.3 is 0 Å². The molecule has 2 aliphatic rings. The average molecular weight is 445 g/mol. The largest absolute Gasteiger partial charge is 0.324 e. The van der Waals surface area contributed by atoms with Crippen molar-refractivity contribution in [1.82, 2.24) is 14.5 Å². The standard InChI is InChI=1S/C28H36N4O/c1-2-21-11-14-24(15-12-21)32-26-19-22(20-31-17-7-4-8-18-31)13-16-25(26)29-28(32)30-27(33)23-9-5-3-6-10-23/h3,5-6,9-10,13,16,19,21,24H,2,4,7-8,11-12,14-15,17-18,20H2,1H3,(H,29,30,33)/t21-,24+. The van der Waals surface area contributed by atoms with Gasteiger partial charge in [0.15, 0.2) is 0 Å². The predicted octanol–water partition coefficient (Wildman–Crippen LogP) is 5.84. The number of aromatic nitrogens is 2. The Hall–Kier alpha value is -2.66. The molecular weight excluding hydrogens is 408 g/mol. The summed E-state index contributed by atoms with van der Waals surface area (Å²) in [5.74, 6) is 0.639. The van der Waals surface area contributed by atoms with Crippen molar-refractivity contribution in [3.8, 4) is 0 Å². The van der Waals surface area contributed by atoms with Gasteiger partial charge in [0.25, 0.3) is 5.91 Å². The summed E-state index contributed by atoms with van der Waals surface area (Å²) in [5.41, 5.74) is 4.91. The molecule has 1 N–H and O–H groups in total. The van der Waals surface area contributed by atoms with Crippen molar-refractivity contribution in [2.45, 2.75) is 70.9 Å². The van der Waals surface area contributed by atoms with Crippen LogP contribution in [0.3, 0.4) is 0 Å². The number of carbonyl (C=O) groups excluding carboxylic acids is 1. The Morgan fingerprint density at radius 1 is 1.00 bits per heavy atom. The lowest BCUT2D eigenvalue weighted by molar-refractivity contribution is 0.0996. The minimum atomic E-state index is -0.188. The zero-order valence-electron chi connectivity index (χ0n) is 19.8. The van der Waals surface area contributed by atoms with Crippen LogP contribution in [0.25, 0.3) is 11.0 Å². The number of hydrogen-bond acceptors (Lipinski definition) is 2. The van der Waals surface area contributed by atoms with Crippen molar-refractivity contribution < 1.29 is 4.79 Å². The molecule has 1 aliphatic heterocycles. The van der Waals surface area contributed by atoms with E-state index in [0.717, 1.165) is 30.8 Å². The first-order valence-corrected chi connectivity index (χ1v) is 12.8. The van der Waals surface area contributed by atoms with Gasteiger partial charge in [-0.2, -0.15) is 4.99 Å². The van der Waals surface area contributed by atoms with Crippen LogP contribution in [0.5, 0.6) is 0 Å². The van der Waals surface area contributed by atoms with Crippen LogP contribution in [0.2, 0.25) is 0 Å². The minimum absolute atomic E-state index is 0.188. The average Bonchev–Trinajstić information content (AvgIpc) is 3.22. The summed E-state index contributed by atoms with van der Waals surface area (Å²) < 4.78 is 2.34. The van der Waals surface area contributed by atoms with E-state index in [4.69, 9.17) is 0 Å². The molecule has 2 heterocycles. The van der Waals surface area contributed by atoms with Crippen molar-refractivity contribution in [2.75, 3.05) is 13.1 Å². The van der Waals surface area contributed by atoms with E-state index in [1.54, 1.807) is 0 Å². The van der Waals surface area contributed by atoms with Gasteiger partial charge in [0.05, 0.1) is 11.0 Å². The maximum Gasteiger partial charge on any atom is 0.280 e. The molecule has 2 fully saturated rings. The lowest BCUT2D eigenvalue weighted by Gasteiger charge is -2.29. The van der Waals surface area contributed by atoms with E-state index in [0.29, 0.717) is 17.2 Å². The number of fused-ring (bicyclic) bond motifs is 1. The maximum atomic E-state index is 12.9. The first kappa shape index (κ1) is 22.1. The van der Waals surface area contributed by atoms with Crippen LogP contribution in [-0.2, 0) is 6.54 Å². The SMILES string of the molecule is CC[C@H]1CC[C@@H](n2/c(=N/C(=O)c3ccccc3)[nH]c3ccc(CN4CCCCC4)cc32)CC1. The molecule has 1 aromatic heterocycles. The number of H-pyrrole nitrogens is 1. The molecule has 174 valence electrons. The molecular formula is C28H36N4O. The summed E-state index contributed by atoms with van der Waals surface area (Å²) in [6.45, 7) is 5.69. The molecule has 5 nitrogen and oxygen atoms in total. The minimum Gasteiger partial charge on any atom is -0.324 e. The molecule has 5 heteroatoms. The Labute approximate surface area is 196 Å². The molecule has 1 saturated carbocycles. The molecule has 3 aromatic rings. The first-order valence-electron chi connectivity index (χ1n) is 12.8. The fraction of sp³-hybridized carbons (Fsp3) is 0.500. The van der Waals surface area contributed by atoms with Crippen LogP contribution in [0.1, 0.15) is 80.3 Å². The van der Waals surface area contributed by atoms with Gasteiger partial charge in [0.2, 0.25) is 5.62 Å². The maximum absolute atomic E-state index is 12.9. The second-order valence-electron chi connectivity index (χ2n) is 9.87. The van der Waals surface area contributed by atoms with Crippen LogP contribution in [0.15, 0.2) is 53.5 Å². The smallest absolute Gasteiger partial charge is 0.280 e. The number of amides is 1. The summed E-state index contributed by atoms with van der Waals surface area (Å²) in [5, 5.41) is 0. The van der Waals surface area contributed by atoms with Gasteiger partial charge in [-0.25, -0.2) is 0 Å². The molecule has 1 amide bonds. The van der Waals surface area contributed by atoms with Crippen LogP contribution < -0.4 is 5.62 Å². The lowest BCUT2D eigenvalue weighted by Crippen LogP contribution is -2.29. The Morgan fingerprint density at radius 3 is 2.48 bits per heavy atom. The summed E-state index contributed by atoms with van der Waals surface area (Å²) in [6.07, 6.45) is 10.0. The zero-order valence-corrected chi connectivity index (χ0v) is 19.8. The number of rotatable bonds is 5. The third kappa shape index (κ3) is 4.98. The molecule has 33 heavy (non-hydrogen) atoms. The fourth-order valence-electron chi connectivity index (χ4n) is 5.66. The second-order valence-corrected chi connectivity index (χ2v) is 9.87. The molecule has 0 bridgehead atoms. The van der Waals surface area contributed by atoms with Gasteiger partial charge < -0.3 is 9.55 Å². The number of nitrogens with zero attached hydrogens (tertiary/aromatic N) is 3. The van der Waals surface area contributed by atoms with E-state index in [1.165, 1.54) is 62.7 Å². The number of hydrogen-bond donors (Lipinski definition) is 1. The number of aromatic amines is 1. The molecule has 1 aliphatic carbocycles. The Bertz CT molecular complexity index is 1150. The van der Waals surface area contributed by atoms with Gasteiger partial charge in [-0.3, -0.25) is 9.69 Å². The van der Waals surface area contributed by atoms with E-state index in [1.807, 2.05) is 30.3 Å². The number of carbonyl (C=O) groups is 1. The van der Waals surface area contributed by atoms with Crippen LogP contribution in [0.4, 0.5) is 0 Å². The van der Waals surface area contributed by atoms with E-state index >= 15 is 0 Å². The van der Waals surface area contributed by atoms with Crippen molar-refractivity contribution in [3.63, 3.8) is 0 Å². The van der Waals surface area contributed by atoms with E-state index in [-0.39, 0.29) is 5.91 Å². The number of benzene rings is 2. The molecule has 0 unspecified atom stereocenters. The van der Waals surface area contributed by atoms with Gasteiger partial charge in [0, 0.05) is 18.2 Å². The third-order valence-electron chi connectivity index (χ3n) is 7.64. The summed E-state index contributed by atoms with van der Waals surface area (Å²) >= 11 is 0. The van der Waals surface area contributed by atoms with Gasteiger partial charge in [-0.1, -0.05) is 44.0 Å². The van der Waals surface area contributed by atoms with E-state index < -0.39 is 0 Å². The van der Waals surface area contributed by atoms with Crippen molar-refractivity contribution >= 4 is 16.9 Å². The highest BCUT2D eigenvalue weighted by atomic mass is 16.1. The quantitative estimate of drug-likeness (QED) is 0.538. The van der Waals surface area contributed by atoms with Crippen molar-refractivity contribution in [1.29, 1.82) is 0 Å². The highest BCUT2D eigenvalue weighted by molar-refractivity contribution is 5.94. The molecule has 0 atom stereocenters. The zero-order chi connectivity index (χ0) is 22.6. The molecule has 5 rings (SSSR count). The molecule has 0 radical (unpaired) electrons.